The van der Waals surface area contributed by atoms with E-state index in [2.05, 4.69) is 17.2 Å². The highest BCUT2D eigenvalue weighted by Gasteiger charge is 2.25. The maximum Gasteiger partial charge on any atom is 0.0766 e. The molecule has 0 aliphatic heterocycles. The van der Waals surface area contributed by atoms with E-state index in [1.807, 2.05) is 32.9 Å². The summed E-state index contributed by atoms with van der Waals surface area (Å²) in [5.41, 5.74) is 0.524. The fourth-order valence-electron chi connectivity index (χ4n) is 1.33. The zero-order chi connectivity index (χ0) is 12.2. The molecule has 2 atom stereocenters. The van der Waals surface area contributed by atoms with Crippen molar-refractivity contribution in [1.82, 2.24) is 10.3 Å². The normalized spacial score (nSPS) is 17.1. The Kier molecular flexibility index (Phi) is 4.44. The van der Waals surface area contributed by atoms with Crippen LogP contribution in [0.1, 0.15) is 39.3 Å². The zero-order valence-corrected chi connectivity index (χ0v) is 10.6. The number of nitrogens with one attached hydrogen (secondary N) is 1. The first-order valence-electron chi connectivity index (χ1n) is 5.79. The first-order valence-corrected chi connectivity index (χ1v) is 5.79. The van der Waals surface area contributed by atoms with Crippen molar-refractivity contribution in [1.29, 1.82) is 0 Å². The van der Waals surface area contributed by atoms with Crippen molar-refractivity contribution in [2.24, 2.45) is 5.92 Å². The molecule has 0 saturated carbocycles. The molecular formula is C13H22N2O. The van der Waals surface area contributed by atoms with Gasteiger partial charge in [0.25, 0.3) is 0 Å². The summed E-state index contributed by atoms with van der Waals surface area (Å²) in [4.78, 5) is 3.99. The Morgan fingerprint density at radius 1 is 1.31 bits per heavy atom. The van der Waals surface area contributed by atoms with Crippen LogP contribution in [0.4, 0.5) is 0 Å². The van der Waals surface area contributed by atoms with Crippen LogP contribution in [0.5, 0.6) is 0 Å². The molecule has 1 aromatic heterocycles. The molecule has 0 bridgehead atoms. The fraction of sp³-hybridized carbons (Fsp3) is 0.615. The van der Waals surface area contributed by atoms with Gasteiger partial charge in [-0.1, -0.05) is 13.8 Å². The second-order valence-corrected chi connectivity index (χ2v) is 4.90. The predicted molar refractivity (Wildman–Crippen MR) is 66.1 cm³/mol. The van der Waals surface area contributed by atoms with Gasteiger partial charge in [-0.3, -0.25) is 4.98 Å². The van der Waals surface area contributed by atoms with E-state index in [0.29, 0.717) is 6.54 Å². The lowest BCUT2D eigenvalue weighted by Crippen LogP contribution is -2.42. The molecule has 0 fully saturated rings. The van der Waals surface area contributed by atoms with Gasteiger partial charge in [-0.25, -0.2) is 0 Å². The summed E-state index contributed by atoms with van der Waals surface area (Å²) in [6.45, 7) is 8.60. The van der Waals surface area contributed by atoms with Crippen LogP contribution in [0.15, 0.2) is 24.5 Å². The van der Waals surface area contributed by atoms with Gasteiger partial charge in [0.1, 0.15) is 0 Å². The second-order valence-electron chi connectivity index (χ2n) is 4.90. The number of hydrogen-bond donors (Lipinski definition) is 2. The molecule has 2 N–H and O–H groups in total. The van der Waals surface area contributed by atoms with E-state index in [4.69, 9.17) is 0 Å². The molecule has 0 spiro atoms. The minimum atomic E-state index is -0.665. The van der Waals surface area contributed by atoms with E-state index in [1.54, 1.807) is 12.4 Å². The van der Waals surface area contributed by atoms with Crippen molar-refractivity contribution in [3.8, 4) is 0 Å². The highest BCUT2D eigenvalue weighted by molar-refractivity contribution is 5.14. The highest BCUT2D eigenvalue weighted by Crippen LogP contribution is 2.17. The Morgan fingerprint density at radius 3 is 2.38 bits per heavy atom. The predicted octanol–water partition coefficient (Wildman–Crippen LogP) is 2.14. The largest absolute Gasteiger partial charge is 0.389 e. The van der Waals surface area contributed by atoms with Crippen LogP contribution in [-0.4, -0.2) is 22.2 Å². The molecule has 0 aliphatic rings. The number of hydrogen-bond acceptors (Lipinski definition) is 3. The van der Waals surface area contributed by atoms with E-state index < -0.39 is 5.60 Å². The van der Waals surface area contributed by atoms with Gasteiger partial charge in [0, 0.05) is 25.0 Å². The Hall–Kier alpha value is -0.930. The zero-order valence-electron chi connectivity index (χ0n) is 10.6. The standard InChI is InChI=1S/C13H22N2O/c1-10(2)13(4,16)9-15-11(3)12-5-7-14-8-6-12/h5-8,10-11,15-16H,9H2,1-4H3/t11-,13?/m0/s1. The summed E-state index contributed by atoms with van der Waals surface area (Å²) in [5.74, 6) is 0.240. The molecule has 3 heteroatoms. The third kappa shape index (κ3) is 3.58. The Morgan fingerprint density at radius 2 is 1.88 bits per heavy atom. The molecule has 0 radical (unpaired) electrons. The minimum Gasteiger partial charge on any atom is -0.389 e. The highest BCUT2D eigenvalue weighted by atomic mass is 16.3. The number of aliphatic hydroxyl groups is 1. The van der Waals surface area contributed by atoms with Gasteiger partial charge in [0.15, 0.2) is 0 Å². The third-order valence-corrected chi connectivity index (χ3v) is 3.22. The fourth-order valence-corrected chi connectivity index (χ4v) is 1.33. The minimum absolute atomic E-state index is 0.230. The van der Waals surface area contributed by atoms with Crippen molar-refractivity contribution < 1.29 is 5.11 Å². The van der Waals surface area contributed by atoms with Crippen molar-refractivity contribution in [2.75, 3.05) is 6.54 Å². The van der Waals surface area contributed by atoms with Gasteiger partial charge >= 0.3 is 0 Å². The number of rotatable bonds is 5. The SMILES string of the molecule is CC(C)C(C)(O)CN[C@@H](C)c1ccncc1. The lowest BCUT2D eigenvalue weighted by molar-refractivity contribution is 0.0122. The molecule has 0 aromatic carbocycles. The van der Waals surface area contributed by atoms with Crippen LogP contribution in [0.3, 0.4) is 0 Å². The van der Waals surface area contributed by atoms with Crippen molar-refractivity contribution >= 4 is 0 Å². The summed E-state index contributed by atoms with van der Waals surface area (Å²) < 4.78 is 0. The molecule has 0 saturated heterocycles. The van der Waals surface area contributed by atoms with Crippen LogP contribution in [0, 0.1) is 5.92 Å². The maximum atomic E-state index is 10.1. The van der Waals surface area contributed by atoms with Gasteiger partial charge in [-0.15, -0.1) is 0 Å². The van der Waals surface area contributed by atoms with Gasteiger partial charge in [0.05, 0.1) is 5.60 Å². The maximum absolute atomic E-state index is 10.1. The Labute approximate surface area is 97.9 Å². The van der Waals surface area contributed by atoms with Gasteiger partial charge in [-0.2, -0.15) is 0 Å². The Balaban J connectivity index is 2.51. The molecular weight excluding hydrogens is 200 g/mol. The molecule has 1 heterocycles. The van der Waals surface area contributed by atoms with Gasteiger partial charge in [-0.05, 0) is 37.5 Å². The average Bonchev–Trinajstić information content (AvgIpc) is 2.27. The molecule has 1 rings (SSSR count). The van der Waals surface area contributed by atoms with Crippen LogP contribution in [0.25, 0.3) is 0 Å². The van der Waals surface area contributed by atoms with Crippen molar-refractivity contribution in [2.45, 2.75) is 39.3 Å². The lowest BCUT2D eigenvalue weighted by atomic mass is 9.92. The molecule has 1 aromatic rings. The number of pyridine rings is 1. The van der Waals surface area contributed by atoms with E-state index in [-0.39, 0.29) is 12.0 Å². The van der Waals surface area contributed by atoms with Crippen LogP contribution >= 0.6 is 0 Å². The Bertz CT molecular complexity index is 309. The summed E-state index contributed by atoms with van der Waals surface area (Å²) in [7, 11) is 0. The molecule has 16 heavy (non-hydrogen) atoms. The number of nitrogens with zero attached hydrogens (tertiary/aromatic N) is 1. The summed E-state index contributed by atoms with van der Waals surface area (Å²) in [6.07, 6.45) is 3.57. The summed E-state index contributed by atoms with van der Waals surface area (Å²) in [5, 5.41) is 13.5. The second kappa shape index (κ2) is 5.41. The third-order valence-electron chi connectivity index (χ3n) is 3.22. The van der Waals surface area contributed by atoms with Crippen molar-refractivity contribution in [3.05, 3.63) is 30.1 Å². The first-order chi connectivity index (χ1) is 7.43. The molecule has 90 valence electrons. The van der Waals surface area contributed by atoms with Gasteiger partial charge in [0.2, 0.25) is 0 Å². The molecule has 1 unspecified atom stereocenters. The molecule has 0 aliphatic carbocycles. The van der Waals surface area contributed by atoms with E-state index in [1.165, 1.54) is 5.56 Å². The molecule has 3 nitrogen and oxygen atoms in total. The number of aromatic nitrogens is 1. The van der Waals surface area contributed by atoms with Crippen molar-refractivity contribution in [3.63, 3.8) is 0 Å². The average molecular weight is 222 g/mol. The van der Waals surface area contributed by atoms with Gasteiger partial charge < -0.3 is 10.4 Å². The van der Waals surface area contributed by atoms with Crippen LogP contribution in [0.2, 0.25) is 0 Å². The smallest absolute Gasteiger partial charge is 0.0766 e. The van der Waals surface area contributed by atoms with E-state index in [9.17, 15) is 5.11 Å². The van der Waals surface area contributed by atoms with Crippen LogP contribution < -0.4 is 5.32 Å². The lowest BCUT2D eigenvalue weighted by Gasteiger charge is -2.29. The monoisotopic (exact) mass is 222 g/mol. The topological polar surface area (TPSA) is 45.1 Å². The van der Waals surface area contributed by atoms with Crippen LogP contribution in [-0.2, 0) is 0 Å². The first kappa shape index (κ1) is 13.1. The van der Waals surface area contributed by atoms with E-state index in [0.717, 1.165) is 0 Å². The summed E-state index contributed by atoms with van der Waals surface area (Å²) in [6, 6.07) is 4.21. The summed E-state index contributed by atoms with van der Waals surface area (Å²) >= 11 is 0. The molecule has 0 amide bonds. The quantitative estimate of drug-likeness (QED) is 0.802. The van der Waals surface area contributed by atoms with E-state index >= 15 is 0 Å².